The molecule has 0 rings (SSSR count). The van der Waals surface area contributed by atoms with Crippen LogP contribution in [0.5, 0.6) is 0 Å². The highest BCUT2D eigenvalue weighted by Gasteiger charge is 2.21. The molecule has 0 saturated heterocycles. The number of nitrogens with zero attached hydrogens (tertiary/aromatic N) is 2. The third kappa shape index (κ3) is 45.3. The monoisotopic (exact) mass is 965 g/mol. The molecular weight excluding hydrogens is 849 g/mol. The van der Waals surface area contributed by atoms with Gasteiger partial charge in [-0.3, -0.25) is 9.59 Å². The Bertz CT molecular complexity index is 1010. The van der Waals surface area contributed by atoms with E-state index in [0.29, 0.717) is 19.4 Å². The lowest BCUT2D eigenvalue weighted by atomic mass is 10.0. The summed E-state index contributed by atoms with van der Waals surface area (Å²) in [5.41, 5.74) is 0. The molecule has 0 atom stereocenters. The number of carbonyl (C=O) groups excluding carboxylic acids is 3. The summed E-state index contributed by atoms with van der Waals surface area (Å²) in [7, 11) is 4.17. The zero-order chi connectivity index (χ0) is 50.0. The molecule has 0 N–H and O–H groups in total. The molecule has 0 radical (unpaired) electrons. The van der Waals surface area contributed by atoms with Gasteiger partial charge in [0.25, 0.3) is 0 Å². The highest BCUT2D eigenvalue weighted by Crippen LogP contribution is 2.22. The Morgan fingerprint density at radius 3 is 1.06 bits per heavy atom. The van der Waals surface area contributed by atoms with E-state index >= 15 is 0 Å². The van der Waals surface area contributed by atoms with E-state index in [1.54, 1.807) is 0 Å². The summed E-state index contributed by atoms with van der Waals surface area (Å²) >= 11 is 0. The van der Waals surface area contributed by atoms with Crippen molar-refractivity contribution in [2.24, 2.45) is 0 Å². The normalized spacial score (nSPS) is 11.7. The Morgan fingerprint density at radius 1 is 0.338 bits per heavy atom. The molecule has 0 aliphatic carbocycles. The van der Waals surface area contributed by atoms with Crippen LogP contribution in [-0.2, 0) is 28.5 Å². The van der Waals surface area contributed by atoms with Gasteiger partial charge in [0.15, 0.2) is 0 Å². The first-order valence-corrected chi connectivity index (χ1v) is 29.8. The predicted octanol–water partition coefficient (Wildman–Crippen LogP) is 17.3. The zero-order valence-electron chi connectivity index (χ0n) is 46.5. The van der Waals surface area contributed by atoms with Gasteiger partial charge in [-0.1, -0.05) is 163 Å². The summed E-state index contributed by atoms with van der Waals surface area (Å²) in [5, 5.41) is 0. The molecule has 0 unspecified atom stereocenters. The second-order valence-electron chi connectivity index (χ2n) is 20.8. The van der Waals surface area contributed by atoms with Gasteiger partial charge >= 0.3 is 18.0 Å². The Labute approximate surface area is 422 Å². The lowest BCUT2D eigenvalue weighted by Gasteiger charge is -2.26. The van der Waals surface area contributed by atoms with Crippen molar-refractivity contribution in [1.82, 2.24) is 9.80 Å². The van der Waals surface area contributed by atoms with E-state index in [9.17, 15) is 14.4 Å². The summed E-state index contributed by atoms with van der Waals surface area (Å²) in [6.45, 7) is 15.1. The van der Waals surface area contributed by atoms with Gasteiger partial charge < -0.3 is 28.7 Å². The number of unbranched alkanes of at least 4 members (excludes halogenated alkanes) is 24. The minimum Gasteiger partial charge on any atom is -0.462 e. The van der Waals surface area contributed by atoms with Gasteiger partial charge in [-0.25, -0.2) is 4.79 Å². The van der Waals surface area contributed by atoms with Crippen LogP contribution in [0.3, 0.4) is 0 Å². The quantitative estimate of drug-likeness (QED) is 0.0338. The minimum atomic E-state index is -0.150. The van der Waals surface area contributed by atoms with Crippen molar-refractivity contribution in [3.05, 3.63) is 0 Å². The summed E-state index contributed by atoms with van der Waals surface area (Å²) in [6, 6.07) is 0. The maximum Gasteiger partial charge on any atom is 0.410 e. The molecule has 0 aromatic rings. The van der Waals surface area contributed by atoms with Crippen LogP contribution in [0.2, 0.25) is 0 Å². The summed E-state index contributed by atoms with van der Waals surface area (Å²) in [5.74, 6) is -0.0141. The van der Waals surface area contributed by atoms with Crippen LogP contribution in [0.25, 0.3) is 0 Å². The number of rotatable bonds is 53. The third-order valence-corrected chi connectivity index (χ3v) is 13.6. The van der Waals surface area contributed by atoms with Crippen LogP contribution >= 0.6 is 0 Å². The number of hydrogen-bond acceptors (Lipinski definition) is 8. The zero-order valence-corrected chi connectivity index (χ0v) is 46.5. The van der Waals surface area contributed by atoms with E-state index in [1.165, 1.54) is 77.0 Å². The van der Waals surface area contributed by atoms with Gasteiger partial charge in [0.05, 0.1) is 0 Å². The van der Waals surface area contributed by atoms with Crippen LogP contribution in [0.1, 0.15) is 298 Å². The molecule has 68 heavy (non-hydrogen) atoms. The van der Waals surface area contributed by atoms with E-state index < -0.39 is 0 Å². The van der Waals surface area contributed by atoms with E-state index in [2.05, 4.69) is 53.6 Å². The maximum atomic E-state index is 13.8. The van der Waals surface area contributed by atoms with E-state index in [0.717, 1.165) is 200 Å². The highest BCUT2D eigenvalue weighted by atomic mass is 16.6. The Kier molecular flexibility index (Phi) is 50.1. The van der Waals surface area contributed by atoms with E-state index in [4.69, 9.17) is 18.9 Å². The van der Waals surface area contributed by atoms with Gasteiger partial charge in [-0.15, -0.1) is 0 Å². The number of esters is 2. The van der Waals surface area contributed by atoms with Gasteiger partial charge in [0.2, 0.25) is 0 Å². The number of carbonyl (C=O) groups is 3. The minimum absolute atomic E-state index is 0.00705. The predicted molar refractivity (Wildman–Crippen MR) is 289 cm³/mol. The van der Waals surface area contributed by atoms with E-state index in [-0.39, 0.29) is 36.3 Å². The molecule has 0 aliphatic rings. The van der Waals surface area contributed by atoms with Gasteiger partial charge in [0.1, 0.15) is 18.3 Å². The molecule has 0 fully saturated rings. The lowest BCUT2D eigenvalue weighted by Crippen LogP contribution is -2.37. The van der Waals surface area contributed by atoms with Crippen molar-refractivity contribution in [1.29, 1.82) is 0 Å². The Hall–Kier alpha value is -1.87. The fraction of sp³-hybridized carbons (Fsp3) is 0.949. The maximum absolute atomic E-state index is 13.8. The topological polar surface area (TPSA) is 94.6 Å². The SMILES string of the molecule is CCCCCCC(CCCCCC)OC(=O)CCCCCCCCC(CCCCCCCCC(=O)OC(CCCCCC)CCCCCC)OC(=O)N(CCCCCOCCC)CCCN(C)C. The number of ether oxygens (including phenoxy) is 4. The largest absolute Gasteiger partial charge is 0.462 e. The van der Waals surface area contributed by atoms with Gasteiger partial charge in [-0.05, 0) is 143 Å². The van der Waals surface area contributed by atoms with E-state index in [1.807, 2.05) is 4.90 Å². The summed E-state index contributed by atoms with van der Waals surface area (Å²) < 4.78 is 24.1. The average Bonchev–Trinajstić information content (AvgIpc) is 3.32. The second kappa shape index (κ2) is 51.5. The molecular formula is C59H116N2O7. The Morgan fingerprint density at radius 2 is 0.676 bits per heavy atom. The molecule has 0 aliphatic heterocycles. The first kappa shape index (κ1) is 66.1. The van der Waals surface area contributed by atoms with Crippen LogP contribution in [-0.4, -0.2) is 93.1 Å². The standard InChI is InChI=1S/C59H116N2O7/c1-8-13-17-30-41-54(42-31-18-14-9-2)66-57(62)47-36-27-23-21-25-34-45-56(68-59(64)61(51-40-49-60(6)7)50-38-29-39-53-65-52-12-5)46-35-26-22-24-28-37-48-58(63)67-55(43-32-19-15-10-3)44-33-20-16-11-4/h54-56H,8-53H2,1-7H3. The van der Waals surface area contributed by atoms with Crippen LogP contribution in [0, 0.1) is 0 Å². The fourth-order valence-corrected chi connectivity index (χ4v) is 9.19. The number of hydrogen-bond donors (Lipinski definition) is 0. The summed E-state index contributed by atoms with van der Waals surface area (Å²) in [6.07, 6.45) is 44.1. The second-order valence-corrected chi connectivity index (χ2v) is 20.8. The van der Waals surface area contributed by atoms with Crippen LogP contribution in [0.4, 0.5) is 4.79 Å². The van der Waals surface area contributed by atoms with Crippen molar-refractivity contribution in [2.75, 3.05) is 46.9 Å². The van der Waals surface area contributed by atoms with Crippen LogP contribution < -0.4 is 0 Å². The van der Waals surface area contributed by atoms with Crippen molar-refractivity contribution < 1.29 is 33.3 Å². The Balaban J connectivity index is 5.05. The van der Waals surface area contributed by atoms with Crippen molar-refractivity contribution in [3.8, 4) is 0 Å². The molecule has 0 bridgehead atoms. The van der Waals surface area contributed by atoms with Gasteiger partial charge in [-0.2, -0.15) is 0 Å². The molecule has 9 heteroatoms. The molecule has 404 valence electrons. The van der Waals surface area contributed by atoms with Crippen molar-refractivity contribution in [3.63, 3.8) is 0 Å². The molecule has 0 saturated carbocycles. The van der Waals surface area contributed by atoms with Crippen molar-refractivity contribution >= 4 is 18.0 Å². The summed E-state index contributed by atoms with van der Waals surface area (Å²) in [4.78, 5) is 43.6. The molecule has 9 nitrogen and oxygen atoms in total. The first-order valence-electron chi connectivity index (χ1n) is 29.8. The molecule has 0 spiro atoms. The van der Waals surface area contributed by atoms with Crippen LogP contribution in [0.15, 0.2) is 0 Å². The highest BCUT2D eigenvalue weighted by molar-refractivity contribution is 5.70. The molecule has 1 amide bonds. The molecule has 0 heterocycles. The molecule has 0 aromatic heterocycles. The smallest absolute Gasteiger partial charge is 0.410 e. The lowest BCUT2D eigenvalue weighted by molar-refractivity contribution is -0.151. The van der Waals surface area contributed by atoms with Crippen molar-refractivity contribution in [2.45, 2.75) is 316 Å². The molecule has 0 aromatic carbocycles. The number of amides is 1. The average molecular weight is 966 g/mol. The van der Waals surface area contributed by atoms with Gasteiger partial charge in [0, 0.05) is 39.1 Å². The first-order chi connectivity index (χ1) is 33.2. The fourth-order valence-electron chi connectivity index (χ4n) is 9.19. The third-order valence-electron chi connectivity index (χ3n) is 13.6.